The first-order valence-electron chi connectivity index (χ1n) is 10.7. The van der Waals surface area contributed by atoms with Crippen LogP contribution in [0, 0.1) is 40.6 Å². The molecule has 8 heteroatoms. The van der Waals surface area contributed by atoms with Crippen LogP contribution in [0.3, 0.4) is 0 Å². The minimum atomic E-state index is -0.163. The van der Waals surface area contributed by atoms with E-state index in [1.165, 1.54) is 0 Å². The lowest BCUT2D eigenvalue weighted by atomic mass is 9.94. The van der Waals surface area contributed by atoms with Crippen molar-refractivity contribution in [2.24, 2.45) is 0 Å². The van der Waals surface area contributed by atoms with Crippen LogP contribution in [0.25, 0.3) is 54.9 Å². The monoisotopic (exact) mass is 458 g/mol. The molecule has 6 rings (SSSR count). The zero-order valence-electron chi connectivity index (χ0n) is 18.4. The summed E-state index contributed by atoms with van der Waals surface area (Å²) >= 11 is 0. The fourth-order valence-corrected chi connectivity index (χ4v) is 4.51. The highest BCUT2D eigenvalue weighted by atomic mass is 15.0. The number of aromatic nitrogens is 4. The molecule has 0 bridgehead atoms. The summed E-state index contributed by atoms with van der Waals surface area (Å²) in [5, 5.41) is 30.6. The Kier molecular flexibility index (Phi) is 4.48. The summed E-state index contributed by atoms with van der Waals surface area (Å²) in [6, 6.07) is 25.6. The van der Waals surface area contributed by atoms with Gasteiger partial charge in [-0.05, 0) is 33.5 Å². The van der Waals surface area contributed by atoms with Gasteiger partial charge in [-0.25, -0.2) is 30.0 Å². The number of hydrogen-bond donors (Lipinski definition) is 0. The van der Waals surface area contributed by atoms with E-state index in [4.69, 9.17) is 6.57 Å². The van der Waals surface area contributed by atoms with E-state index in [2.05, 4.69) is 30.8 Å². The second-order valence-corrected chi connectivity index (χ2v) is 7.95. The van der Waals surface area contributed by atoms with Crippen molar-refractivity contribution in [3.05, 3.63) is 100 Å². The molecule has 0 radical (unpaired) electrons. The number of nitrogens with zero attached hydrogens (tertiary/aromatic N) is 8. The zero-order chi connectivity index (χ0) is 24.8. The molecule has 2 aromatic heterocycles. The Labute approximate surface area is 204 Å². The van der Waals surface area contributed by atoms with Crippen LogP contribution in [0.1, 0.15) is 22.6 Å². The Morgan fingerprint density at radius 3 is 2.11 bits per heavy atom. The van der Waals surface area contributed by atoms with Crippen molar-refractivity contribution in [2.75, 3.05) is 0 Å². The quantitative estimate of drug-likeness (QED) is 0.246. The van der Waals surface area contributed by atoms with Gasteiger partial charge in [-0.1, -0.05) is 54.6 Å². The van der Waals surface area contributed by atoms with Crippen molar-refractivity contribution in [3.63, 3.8) is 0 Å². The van der Waals surface area contributed by atoms with E-state index in [-0.39, 0.29) is 28.4 Å². The predicted octanol–water partition coefficient (Wildman–Crippen LogP) is 5.17. The molecule has 0 N–H and O–H groups in total. The summed E-state index contributed by atoms with van der Waals surface area (Å²) in [6.07, 6.45) is 0. The van der Waals surface area contributed by atoms with E-state index >= 15 is 0 Å². The molecular formula is C28H10N8. The number of allylic oxidation sites excluding steroid dienone is 1. The number of benzene rings is 3. The van der Waals surface area contributed by atoms with Gasteiger partial charge in [-0.3, -0.25) is 0 Å². The molecule has 36 heavy (non-hydrogen) atoms. The molecule has 1 aliphatic carbocycles. The average molecular weight is 458 g/mol. The van der Waals surface area contributed by atoms with E-state index in [1.54, 1.807) is 0 Å². The summed E-state index contributed by atoms with van der Waals surface area (Å²) in [6.45, 7) is 7.60. The number of rotatable bonds is 1. The van der Waals surface area contributed by atoms with Gasteiger partial charge in [0.25, 0.3) is 5.70 Å². The fourth-order valence-electron chi connectivity index (χ4n) is 4.51. The second-order valence-electron chi connectivity index (χ2n) is 7.95. The van der Waals surface area contributed by atoms with Gasteiger partial charge in [-0.15, -0.1) is 0 Å². The molecule has 0 atom stereocenters. The van der Waals surface area contributed by atoms with Crippen molar-refractivity contribution in [1.82, 2.24) is 19.9 Å². The lowest BCUT2D eigenvalue weighted by molar-refractivity contribution is 1.11. The van der Waals surface area contributed by atoms with Gasteiger partial charge in [0.2, 0.25) is 0 Å². The van der Waals surface area contributed by atoms with Gasteiger partial charge in [0, 0.05) is 11.1 Å². The molecule has 0 amide bonds. The van der Waals surface area contributed by atoms with E-state index in [9.17, 15) is 15.8 Å². The molecule has 162 valence electrons. The third kappa shape index (κ3) is 2.90. The van der Waals surface area contributed by atoms with Crippen molar-refractivity contribution in [3.8, 4) is 40.6 Å². The first-order valence-corrected chi connectivity index (χ1v) is 10.7. The highest BCUT2D eigenvalue weighted by Crippen LogP contribution is 2.46. The maximum atomic E-state index is 9.75. The topological polar surface area (TPSA) is 127 Å². The van der Waals surface area contributed by atoms with Crippen molar-refractivity contribution < 1.29 is 0 Å². The first-order chi connectivity index (χ1) is 17.7. The maximum Gasteiger partial charge on any atom is 0.271 e. The molecule has 1 aliphatic rings. The Morgan fingerprint density at radius 1 is 0.722 bits per heavy atom. The van der Waals surface area contributed by atoms with E-state index in [1.807, 2.05) is 72.8 Å². The third-order valence-electron chi connectivity index (χ3n) is 6.07. The van der Waals surface area contributed by atoms with Gasteiger partial charge >= 0.3 is 0 Å². The molecule has 0 spiro atoms. The van der Waals surface area contributed by atoms with Crippen LogP contribution >= 0.6 is 0 Å². The van der Waals surface area contributed by atoms with E-state index in [0.29, 0.717) is 28.1 Å². The third-order valence-corrected chi connectivity index (χ3v) is 6.07. The fraction of sp³-hybridized carbons (Fsp3) is 0. The molecule has 0 saturated carbocycles. The molecule has 0 aliphatic heterocycles. The summed E-state index contributed by atoms with van der Waals surface area (Å²) in [7, 11) is 0. The average Bonchev–Trinajstić information content (AvgIpc) is 3.23. The largest absolute Gasteiger partial charge is 0.271 e. The van der Waals surface area contributed by atoms with Crippen LogP contribution in [0.4, 0.5) is 0 Å². The van der Waals surface area contributed by atoms with Gasteiger partial charge < -0.3 is 0 Å². The second kappa shape index (κ2) is 7.82. The Hall–Kier alpha value is -5.96. The number of nitriles is 3. The Balaban J connectivity index is 1.66. The van der Waals surface area contributed by atoms with Crippen molar-refractivity contribution in [1.29, 1.82) is 15.8 Å². The first kappa shape index (κ1) is 20.6. The minimum absolute atomic E-state index is 0.0613. The van der Waals surface area contributed by atoms with Gasteiger partial charge in [-0.2, -0.15) is 10.5 Å². The lowest BCUT2D eigenvalue weighted by Crippen LogP contribution is -2.02. The van der Waals surface area contributed by atoms with Crippen LogP contribution in [-0.2, 0) is 0 Å². The summed E-state index contributed by atoms with van der Waals surface area (Å²) in [5.74, 6) is 0. The predicted molar refractivity (Wildman–Crippen MR) is 131 cm³/mol. The summed E-state index contributed by atoms with van der Waals surface area (Å²) < 4.78 is 0. The normalized spacial score (nSPS) is 12.7. The van der Waals surface area contributed by atoms with Crippen molar-refractivity contribution in [2.45, 2.75) is 0 Å². The smallest absolute Gasteiger partial charge is 0.226 e. The molecular weight excluding hydrogens is 448 g/mol. The summed E-state index contributed by atoms with van der Waals surface area (Å²) in [4.78, 5) is 20.9. The SMILES string of the molecule is [C-]#[N+]/C(C#N)=C1\c2cc(-c3cccc4ccccc34)ccc2-c2nc3nc(C#N)c(C#N)nc3nc21. The lowest BCUT2D eigenvalue weighted by Gasteiger charge is -2.10. The molecule has 0 unspecified atom stereocenters. The summed E-state index contributed by atoms with van der Waals surface area (Å²) in [5.41, 5.74) is 4.14. The molecule has 8 nitrogen and oxygen atoms in total. The number of hydrogen-bond acceptors (Lipinski definition) is 7. The molecule has 5 aromatic rings. The van der Waals surface area contributed by atoms with Crippen LogP contribution < -0.4 is 0 Å². The van der Waals surface area contributed by atoms with Gasteiger partial charge in [0.1, 0.15) is 12.1 Å². The standard InChI is InChI=1S/C28H10N8/c1-32-23(14-31)24-20-11-16(18-8-4-6-15-5-2-3-7-17(15)18)9-10-19(20)25-26(24)36-28-27(35-25)33-21(12-29)22(13-30)34-28/h2-11H/b24-23+. The highest BCUT2D eigenvalue weighted by Gasteiger charge is 2.31. The van der Waals surface area contributed by atoms with Gasteiger partial charge in [0.05, 0.1) is 24.0 Å². The Bertz CT molecular complexity index is 1970. The Morgan fingerprint density at radius 2 is 1.42 bits per heavy atom. The molecule has 0 fully saturated rings. The van der Waals surface area contributed by atoms with Crippen LogP contribution in [0.5, 0.6) is 0 Å². The molecule has 0 saturated heterocycles. The minimum Gasteiger partial charge on any atom is -0.226 e. The maximum absolute atomic E-state index is 9.75. The van der Waals surface area contributed by atoms with E-state index in [0.717, 1.165) is 21.9 Å². The van der Waals surface area contributed by atoms with Crippen LogP contribution in [-0.4, -0.2) is 19.9 Å². The molecule has 3 aromatic carbocycles. The van der Waals surface area contributed by atoms with E-state index < -0.39 is 0 Å². The number of fused-ring (bicyclic) bond motifs is 5. The zero-order valence-corrected chi connectivity index (χ0v) is 18.4. The van der Waals surface area contributed by atoms with Gasteiger partial charge in [0.15, 0.2) is 22.7 Å². The van der Waals surface area contributed by atoms with Crippen LogP contribution in [0.2, 0.25) is 0 Å². The van der Waals surface area contributed by atoms with Crippen LogP contribution in [0.15, 0.2) is 66.4 Å². The molecule has 2 heterocycles. The highest BCUT2D eigenvalue weighted by molar-refractivity contribution is 6.04. The van der Waals surface area contributed by atoms with Crippen molar-refractivity contribution >= 4 is 27.6 Å².